The fraction of sp³-hybridized carbons (Fsp3) is 0.367. The van der Waals surface area contributed by atoms with E-state index in [1.807, 2.05) is 80.9 Å². The standard InChI is InChI=1S/C30H35N7O3/c1-19-8-5-6-10-23(19)28(38)32-16-20-11-13-21(14-12-20)25-24-26(31)33-18-34-27(24)37(35-25)22-9-7-15-36(17-22)29(39)40-30(2,3)4/h5-6,8,10-14,18,22H,7,9,15-17H2,1-4H3,(H,32,38)(H2,31,33,34)/t22-/m1/s1. The van der Waals surface area contributed by atoms with Gasteiger partial charge in [0, 0.05) is 30.8 Å². The van der Waals surface area contributed by atoms with Crippen molar-refractivity contribution in [2.75, 3.05) is 18.8 Å². The van der Waals surface area contributed by atoms with Gasteiger partial charge in [0.2, 0.25) is 0 Å². The number of fused-ring (bicyclic) bond motifs is 1. The van der Waals surface area contributed by atoms with E-state index in [1.54, 1.807) is 4.90 Å². The Morgan fingerprint density at radius 3 is 2.58 bits per heavy atom. The van der Waals surface area contributed by atoms with Crippen LogP contribution in [0.4, 0.5) is 10.6 Å². The number of rotatable bonds is 5. The van der Waals surface area contributed by atoms with Crippen LogP contribution in [0.15, 0.2) is 54.9 Å². The van der Waals surface area contributed by atoms with Crippen molar-refractivity contribution in [2.45, 2.75) is 58.7 Å². The molecule has 5 rings (SSSR count). The minimum absolute atomic E-state index is 0.0808. The molecule has 40 heavy (non-hydrogen) atoms. The Hall–Kier alpha value is -4.47. The summed E-state index contributed by atoms with van der Waals surface area (Å²) in [7, 11) is 0. The summed E-state index contributed by atoms with van der Waals surface area (Å²) in [5.41, 5.74) is 10.5. The summed E-state index contributed by atoms with van der Waals surface area (Å²) in [5.74, 6) is 0.241. The largest absolute Gasteiger partial charge is 0.444 e. The zero-order valence-corrected chi connectivity index (χ0v) is 23.3. The molecule has 2 aromatic carbocycles. The summed E-state index contributed by atoms with van der Waals surface area (Å²) in [6.45, 7) is 9.01. The number of likely N-dealkylation sites (tertiary alicyclic amines) is 1. The predicted molar refractivity (Wildman–Crippen MR) is 154 cm³/mol. The van der Waals surface area contributed by atoms with Gasteiger partial charge in [-0.3, -0.25) is 4.79 Å². The molecule has 3 N–H and O–H groups in total. The molecule has 1 saturated heterocycles. The molecule has 0 bridgehead atoms. The zero-order valence-electron chi connectivity index (χ0n) is 23.3. The van der Waals surface area contributed by atoms with E-state index in [9.17, 15) is 9.59 Å². The Morgan fingerprint density at radius 2 is 1.85 bits per heavy atom. The van der Waals surface area contributed by atoms with Crippen LogP contribution in [0.5, 0.6) is 0 Å². The molecular weight excluding hydrogens is 506 g/mol. The van der Waals surface area contributed by atoms with Crippen molar-refractivity contribution in [3.63, 3.8) is 0 Å². The second-order valence-corrected chi connectivity index (χ2v) is 11.2. The van der Waals surface area contributed by atoms with Crippen molar-refractivity contribution < 1.29 is 14.3 Å². The third-order valence-corrected chi connectivity index (χ3v) is 6.98. The van der Waals surface area contributed by atoms with Crippen molar-refractivity contribution in [3.05, 3.63) is 71.5 Å². The number of benzene rings is 2. The molecule has 208 valence electrons. The topological polar surface area (TPSA) is 128 Å². The number of ether oxygens (including phenoxy) is 1. The second kappa shape index (κ2) is 11.0. The smallest absolute Gasteiger partial charge is 0.410 e. The number of aryl methyl sites for hydroxylation is 1. The molecule has 0 unspecified atom stereocenters. The molecule has 2 amide bonds. The lowest BCUT2D eigenvalue weighted by atomic mass is 10.1. The highest BCUT2D eigenvalue weighted by molar-refractivity contribution is 5.98. The van der Waals surface area contributed by atoms with Gasteiger partial charge in [0.05, 0.1) is 11.4 Å². The summed E-state index contributed by atoms with van der Waals surface area (Å²) >= 11 is 0. The van der Waals surface area contributed by atoms with Crippen LogP contribution in [0.1, 0.15) is 61.1 Å². The molecule has 1 atom stereocenters. The van der Waals surface area contributed by atoms with Crippen LogP contribution in [0.2, 0.25) is 0 Å². The number of nitrogen functional groups attached to an aromatic ring is 1. The van der Waals surface area contributed by atoms with E-state index in [0.717, 1.165) is 29.5 Å². The molecular formula is C30H35N7O3. The maximum atomic E-state index is 12.8. The van der Waals surface area contributed by atoms with Crippen LogP contribution >= 0.6 is 0 Å². The summed E-state index contributed by atoms with van der Waals surface area (Å²) in [6, 6.07) is 15.3. The molecule has 2 aromatic heterocycles. The molecule has 1 aliphatic rings. The van der Waals surface area contributed by atoms with Crippen LogP contribution in [0.3, 0.4) is 0 Å². The highest BCUT2D eigenvalue weighted by atomic mass is 16.6. The van der Waals surface area contributed by atoms with Crippen LogP contribution in [-0.4, -0.2) is 55.3 Å². The number of amides is 2. The first-order chi connectivity index (χ1) is 19.1. The molecule has 0 saturated carbocycles. The maximum Gasteiger partial charge on any atom is 0.410 e. The first-order valence-corrected chi connectivity index (χ1v) is 13.5. The number of aromatic nitrogens is 4. The molecule has 10 nitrogen and oxygen atoms in total. The number of piperidine rings is 1. The normalized spacial score (nSPS) is 15.7. The van der Waals surface area contributed by atoms with Crippen molar-refractivity contribution in [1.29, 1.82) is 0 Å². The number of hydrogen-bond donors (Lipinski definition) is 2. The maximum absolute atomic E-state index is 12.8. The van der Waals surface area contributed by atoms with E-state index in [2.05, 4.69) is 15.3 Å². The quantitative estimate of drug-likeness (QED) is 0.368. The zero-order chi connectivity index (χ0) is 28.4. The van der Waals surface area contributed by atoms with Gasteiger partial charge in [-0.25, -0.2) is 19.4 Å². The van der Waals surface area contributed by atoms with Gasteiger partial charge in [-0.2, -0.15) is 5.10 Å². The van der Waals surface area contributed by atoms with Crippen molar-refractivity contribution in [1.82, 2.24) is 30.0 Å². The van der Waals surface area contributed by atoms with E-state index in [1.165, 1.54) is 6.33 Å². The Labute approximate surface area is 233 Å². The molecule has 1 aliphatic heterocycles. The number of nitrogens with zero attached hydrogens (tertiary/aromatic N) is 5. The third kappa shape index (κ3) is 5.75. The third-order valence-electron chi connectivity index (χ3n) is 6.98. The van der Waals surface area contributed by atoms with Crippen LogP contribution in [-0.2, 0) is 11.3 Å². The summed E-state index contributed by atoms with van der Waals surface area (Å²) in [4.78, 5) is 35.8. The minimum Gasteiger partial charge on any atom is -0.444 e. The number of carbonyl (C=O) groups excluding carboxylic acids is 2. The van der Waals surface area contributed by atoms with E-state index < -0.39 is 5.60 Å². The van der Waals surface area contributed by atoms with Crippen LogP contribution < -0.4 is 11.1 Å². The molecule has 0 aliphatic carbocycles. The van der Waals surface area contributed by atoms with E-state index >= 15 is 0 Å². The number of nitrogens with one attached hydrogen (secondary N) is 1. The Bertz CT molecular complexity index is 1540. The molecule has 3 heterocycles. The summed E-state index contributed by atoms with van der Waals surface area (Å²) in [6.07, 6.45) is 2.78. The highest BCUT2D eigenvalue weighted by Crippen LogP contribution is 2.34. The van der Waals surface area contributed by atoms with Gasteiger partial charge in [-0.05, 0) is 57.7 Å². The molecule has 0 radical (unpaired) electrons. The fourth-order valence-corrected chi connectivity index (χ4v) is 4.98. The average Bonchev–Trinajstić information content (AvgIpc) is 3.32. The average molecular weight is 542 g/mol. The van der Waals surface area contributed by atoms with Crippen molar-refractivity contribution in [3.8, 4) is 11.3 Å². The number of nitrogens with two attached hydrogens (primary N) is 1. The monoisotopic (exact) mass is 541 g/mol. The van der Waals surface area contributed by atoms with Gasteiger partial charge in [-0.15, -0.1) is 0 Å². The fourth-order valence-electron chi connectivity index (χ4n) is 4.98. The SMILES string of the molecule is Cc1ccccc1C(=O)NCc1ccc(-c2nn([C@@H]3CCCN(C(=O)OC(C)(C)C)C3)c3ncnc(N)c23)cc1. The first kappa shape index (κ1) is 27.1. The van der Waals surface area contributed by atoms with Gasteiger partial charge < -0.3 is 20.7 Å². The molecule has 1 fully saturated rings. The predicted octanol–water partition coefficient (Wildman–Crippen LogP) is 4.89. The lowest BCUT2D eigenvalue weighted by Crippen LogP contribution is -2.43. The van der Waals surface area contributed by atoms with E-state index in [4.69, 9.17) is 15.6 Å². The van der Waals surface area contributed by atoms with Crippen molar-refractivity contribution >= 4 is 28.9 Å². The molecule has 0 spiro atoms. The van der Waals surface area contributed by atoms with Crippen molar-refractivity contribution in [2.24, 2.45) is 0 Å². The summed E-state index contributed by atoms with van der Waals surface area (Å²) in [5, 5.41) is 8.62. The summed E-state index contributed by atoms with van der Waals surface area (Å²) < 4.78 is 7.48. The lowest BCUT2D eigenvalue weighted by molar-refractivity contribution is 0.0169. The Kier molecular flexibility index (Phi) is 7.42. The molecule has 4 aromatic rings. The van der Waals surface area contributed by atoms with Gasteiger partial charge in [0.1, 0.15) is 23.4 Å². The Balaban J connectivity index is 1.37. The van der Waals surface area contributed by atoms with Crippen LogP contribution in [0.25, 0.3) is 22.3 Å². The van der Waals surface area contributed by atoms with Gasteiger partial charge >= 0.3 is 6.09 Å². The minimum atomic E-state index is -0.563. The van der Waals surface area contributed by atoms with Crippen LogP contribution in [0, 0.1) is 6.92 Å². The highest BCUT2D eigenvalue weighted by Gasteiger charge is 2.31. The van der Waals surface area contributed by atoms with Gasteiger partial charge in [-0.1, -0.05) is 42.5 Å². The van der Waals surface area contributed by atoms with E-state index in [0.29, 0.717) is 47.7 Å². The number of anilines is 1. The second-order valence-electron chi connectivity index (χ2n) is 11.2. The van der Waals surface area contributed by atoms with E-state index in [-0.39, 0.29) is 18.0 Å². The van der Waals surface area contributed by atoms with Gasteiger partial charge in [0.25, 0.3) is 5.91 Å². The first-order valence-electron chi connectivity index (χ1n) is 13.5. The number of carbonyl (C=O) groups is 2. The number of hydrogen-bond acceptors (Lipinski definition) is 7. The lowest BCUT2D eigenvalue weighted by Gasteiger charge is -2.34. The van der Waals surface area contributed by atoms with Gasteiger partial charge in [0.15, 0.2) is 5.65 Å². The molecule has 10 heteroatoms. The Morgan fingerprint density at radius 1 is 1.10 bits per heavy atom.